The molecule has 144 valence electrons. The zero-order chi connectivity index (χ0) is 19.8. The average molecular weight is 397 g/mol. The van der Waals surface area contributed by atoms with Gasteiger partial charge in [-0.15, -0.1) is 0 Å². The summed E-state index contributed by atoms with van der Waals surface area (Å²) in [6, 6.07) is 10.7. The average Bonchev–Trinajstić information content (AvgIpc) is 3.26. The van der Waals surface area contributed by atoms with Crippen LogP contribution >= 0.6 is 11.3 Å². The van der Waals surface area contributed by atoms with Crippen LogP contribution in [0.2, 0.25) is 0 Å². The van der Waals surface area contributed by atoms with E-state index in [-0.39, 0.29) is 30.6 Å². The number of nitrogens with zero attached hydrogens (tertiary/aromatic N) is 2. The number of carbonyl (C=O) groups is 2. The Labute approximate surface area is 166 Å². The van der Waals surface area contributed by atoms with Crippen molar-refractivity contribution in [2.24, 2.45) is 5.92 Å². The van der Waals surface area contributed by atoms with E-state index in [0.29, 0.717) is 16.4 Å². The molecule has 0 bridgehead atoms. The lowest BCUT2D eigenvalue weighted by Gasteiger charge is -2.17. The van der Waals surface area contributed by atoms with Crippen LogP contribution in [0.25, 0.3) is 10.2 Å². The molecule has 2 amide bonds. The zero-order valence-corrected chi connectivity index (χ0v) is 16.5. The molecule has 4 rings (SSSR count). The number of anilines is 2. The van der Waals surface area contributed by atoms with Crippen LogP contribution < -0.4 is 10.2 Å². The van der Waals surface area contributed by atoms with Crippen molar-refractivity contribution in [1.29, 1.82) is 0 Å². The fraction of sp³-hybridized carbons (Fsp3) is 0.286. The first kappa shape index (κ1) is 18.6. The summed E-state index contributed by atoms with van der Waals surface area (Å²) in [5.74, 6) is -1.27. The van der Waals surface area contributed by atoms with Crippen molar-refractivity contribution in [2.45, 2.75) is 26.7 Å². The Balaban J connectivity index is 1.48. The predicted octanol–water partition coefficient (Wildman–Crippen LogP) is 4.30. The summed E-state index contributed by atoms with van der Waals surface area (Å²) in [5, 5.41) is 3.37. The molecule has 1 unspecified atom stereocenters. The first-order chi connectivity index (χ1) is 13.4. The number of halogens is 1. The van der Waals surface area contributed by atoms with E-state index in [1.54, 1.807) is 19.1 Å². The molecule has 3 aromatic rings. The van der Waals surface area contributed by atoms with E-state index in [0.717, 1.165) is 16.6 Å². The van der Waals surface area contributed by atoms with Gasteiger partial charge in [0.15, 0.2) is 5.13 Å². The number of hydrogen-bond acceptors (Lipinski definition) is 4. The molecule has 1 aliphatic rings. The molecular weight excluding hydrogens is 377 g/mol. The standard InChI is InChI=1S/C21H20FN3O2S/c1-3-13-5-7-17-18(8-13)28-21(23-17)24-20(27)14-9-19(26)25(11-14)15-6-4-12(2)16(22)10-15/h4-8,10,14H,3,9,11H2,1-2H3,(H,23,24,27). The molecule has 1 saturated heterocycles. The Hall–Kier alpha value is -2.80. The molecular formula is C21H20FN3O2S. The first-order valence-electron chi connectivity index (χ1n) is 9.21. The molecule has 0 aliphatic carbocycles. The minimum absolute atomic E-state index is 0.103. The fourth-order valence-corrected chi connectivity index (χ4v) is 4.26. The van der Waals surface area contributed by atoms with Gasteiger partial charge in [0, 0.05) is 18.7 Å². The quantitative estimate of drug-likeness (QED) is 0.714. The van der Waals surface area contributed by atoms with E-state index < -0.39 is 5.92 Å². The maximum Gasteiger partial charge on any atom is 0.231 e. The first-order valence-corrected chi connectivity index (χ1v) is 10.0. The van der Waals surface area contributed by atoms with Crippen molar-refractivity contribution in [2.75, 3.05) is 16.8 Å². The summed E-state index contributed by atoms with van der Waals surface area (Å²) >= 11 is 1.42. The van der Waals surface area contributed by atoms with Crippen LogP contribution in [0, 0.1) is 18.7 Å². The fourth-order valence-electron chi connectivity index (χ4n) is 3.33. The highest BCUT2D eigenvalue weighted by Gasteiger charge is 2.35. The summed E-state index contributed by atoms with van der Waals surface area (Å²) in [7, 11) is 0. The van der Waals surface area contributed by atoms with E-state index in [2.05, 4.69) is 23.3 Å². The molecule has 1 N–H and O–H groups in total. The van der Waals surface area contributed by atoms with Crippen LogP contribution in [0.15, 0.2) is 36.4 Å². The minimum atomic E-state index is -0.491. The maximum absolute atomic E-state index is 13.8. The molecule has 0 radical (unpaired) electrons. The third-order valence-corrected chi connectivity index (χ3v) is 5.99. The van der Waals surface area contributed by atoms with Crippen LogP contribution in [0.5, 0.6) is 0 Å². The lowest BCUT2D eigenvalue weighted by Crippen LogP contribution is -2.28. The lowest BCUT2D eigenvalue weighted by molar-refractivity contribution is -0.122. The van der Waals surface area contributed by atoms with Crippen LogP contribution in [-0.2, 0) is 16.0 Å². The van der Waals surface area contributed by atoms with Crippen LogP contribution in [0.4, 0.5) is 15.2 Å². The van der Waals surface area contributed by atoms with Gasteiger partial charge < -0.3 is 10.2 Å². The highest BCUT2D eigenvalue weighted by atomic mass is 32.1. The van der Waals surface area contributed by atoms with Crippen molar-refractivity contribution in [3.63, 3.8) is 0 Å². The van der Waals surface area contributed by atoms with E-state index in [9.17, 15) is 14.0 Å². The monoisotopic (exact) mass is 397 g/mol. The number of hydrogen-bond donors (Lipinski definition) is 1. The highest BCUT2D eigenvalue weighted by molar-refractivity contribution is 7.22. The Kier molecular flexibility index (Phi) is 4.85. The van der Waals surface area contributed by atoms with Crippen LogP contribution in [-0.4, -0.2) is 23.3 Å². The zero-order valence-electron chi connectivity index (χ0n) is 15.7. The van der Waals surface area contributed by atoms with E-state index in [4.69, 9.17) is 0 Å². The molecule has 1 fully saturated rings. The number of rotatable bonds is 4. The number of benzene rings is 2. The summed E-state index contributed by atoms with van der Waals surface area (Å²) < 4.78 is 14.9. The number of carbonyl (C=O) groups excluding carboxylic acids is 2. The summed E-state index contributed by atoms with van der Waals surface area (Å²) in [4.78, 5) is 30.9. The molecule has 1 atom stereocenters. The molecule has 28 heavy (non-hydrogen) atoms. The van der Waals surface area contributed by atoms with E-state index in [1.807, 2.05) is 12.1 Å². The summed E-state index contributed by atoms with van der Waals surface area (Å²) in [5.41, 5.74) is 3.07. The molecule has 5 nitrogen and oxygen atoms in total. The van der Waals surface area contributed by atoms with Gasteiger partial charge in [0.25, 0.3) is 0 Å². The largest absolute Gasteiger partial charge is 0.311 e. The van der Waals surface area contributed by atoms with Crippen molar-refractivity contribution in [3.05, 3.63) is 53.3 Å². The predicted molar refractivity (Wildman–Crippen MR) is 109 cm³/mol. The van der Waals surface area contributed by atoms with Gasteiger partial charge in [-0.05, 0) is 48.7 Å². The van der Waals surface area contributed by atoms with E-state index >= 15 is 0 Å². The topological polar surface area (TPSA) is 62.3 Å². The van der Waals surface area contributed by atoms with Crippen molar-refractivity contribution in [1.82, 2.24) is 4.98 Å². The molecule has 2 heterocycles. The number of aromatic nitrogens is 1. The number of thiazole rings is 1. The van der Waals surface area contributed by atoms with Gasteiger partial charge >= 0.3 is 0 Å². The van der Waals surface area contributed by atoms with Crippen molar-refractivity contribution in [3.8, 4) is 0 Å². The highest BCUT2D eigenvalue weighted by Crippen LogP contribution is 2.30. The van der Waals surface area contributed by atoms with Gasteiger partial charge in [0.2, 0.25) is 11.8 Å². The number of nitrogens with one attached hydrogen (secondary N) is 1. The third-order valence-electron chi connectivity index (χ3n) is 5.05. The lowest BCUT2D eigenvalue weighted by atomic mass is 10.1. The third kappa shape index (κ3) is 3.49. The van der Waals surface area contributed by atoms with Gasteiger partial charge in [-0.25, -0.2) is 9.37 Å². The molecule has 0 saturated carbocycles. The van der Waals surface area contributed by atoms with Crippen LogP contribution in [0.3, 0.4) is 0 Å². The normalized spacial score (nSPS) is 16.8. The molecule has 7 heteroatoms. The second-order valence-corrected chi connectivity index (χ2v) is 8.03. The van der Waals surface area contributed by atoms with Gasteiger partial charge in [0.1, 0.15) is 5.82 Å². The van der Waals surface area contributed by atoms with Gasteiger partial charge in [-0.1, -0.05) is 30.4 Å². The Morgan fingerprint density at radius 1 is 1.32 bits per heavy atom. The maximum atomic E-state index is 13.8. The number of fused-ring (bicyclic) bond motifs is 1. The van der Waals surface area contributed by atoms with Gasteiger partial charge in [-0.3, -0.25) is 9.59 Å². The molecule has 0 spiro atoms. The second-order valence-electron chi connectivity index (χ2n) is 7.00. The number of amides is 2. The SMILES string of the molecule is CCc1ccc2nc(NC(=O)C3CC(=O)N(c4ccc(C)c(F)c4)C3)sc2c1. The Bertz CT molecular complexity index is 1080. The summed E-state index contributed by atoms with van der Waals surface area (Å²) in [6.07, 6.45) is 1.04. The van der Waals surface area contributed by atoms with Gasteiger partial charge in [-0.2, -0.15) is 0 Å². The molecule has 1 aromatic heterocycles. The Morgan fingerprint density at radius 3 is 2.89 bits per heavy atom. The van der Waals surface area contributed by atoms with E-state index in [1.165, 1.54) is 27.9 Å². The number of aryl methyl sites for hydroxylation is 2. The summed E-state index contributed by atoms with van der Waals surface area (Å²) in [6.45, 7) is 3.99. The second kappa shape index (κ2) is 7.31. The van der Waals surface area contributed by atoms with Gasteiger partial charge in [0.05, 0.1) is 16.1 Å². The molecule has 2 aromatic carbocycles. The molecule has 1 aliphatic heterocycles. The smallest absolute Gasteiger partial charge is 0.231 e. The Morgan fingerprint density at radius 2 is 2.14 bits per heavy atom. The van der Waals surface area contributed by atoms with Crippen LogP contribution in [0.1, 0.15) is 24.5 Å². The van der Waals surface area contributed by atoms with Crippen molar-refractivity contribution >= 4 is 44.2 Å². The van der Waals surface area contributed by atoms with Crippen molar-refractivity contribution < 1.29 is 14.0 Å². The minimum Gasteiger partial charge on any atom is -0.311 e.